The highest BCUT2D eigenvalue weighted by molar-refractivity contribution is 5.96. The van der Waals surface area contributed by atoms with Gasteiger partial charge >= 0.3 is 11.7 Å². The van der Waals surface area contributed by atoms with E-state index in [1.165, 1.54) is 20.3 Å². The van der Waals surface area contributed by atoms with Crippen LogP contribution in [0.15, 0.2) is 12.1 Å². The van der Waals surface area contributed by atoms with Crippen LogP contribution in [-0.2, 0) is 4.79 Å². The van der Waals surface area contributed by atoms with Gasteiger partial charge in [0.05, 0.1) is 30.6 Å². The SMILES string of the molecule is COc1cc(C(=O)NC2CCC(C(=O)O)CC2)cc([N+](=O)[O-])c1OC. The molecule has 1 fully saturated rings. The summed E-state index contributed by atoms with van der Waals surface area (Å²) in [6.45, 7) is 0. The number of aliphatic carboxylic acids is 1. The normalized spacial score (nSPS) is 19.8. The fourth-order valence-corrected chi connectivity index (χ4v) is 2.96. The van der Waals surface area contributed by atoms with Crippen molar-refractivity contribution in [3.05, 3.63) is 27.8 Å². The van der Waals surface area contributed by atoms with Gasteiger partial charge < -0.3 is 19.9 Å². The van der Waals surface area contributed by atoms with E-state index < -0.39 is 16.8 Å². The number of nitrogens with one attached hydrogen (secondary N) is 1. The molecule has 0 aromatic heterocycles. The number of benzene rings is 1. The van der Waals surface area contributed by atoms with Gasteiger partial charge in [0, 0.05) is 12.1 Å². The van der Waals surface area contributed by atoms with Crippen molar-refractivity contribution in [3.63, 3.8) is 0 Å². The van der Waals surface area contributed by atoms with Crippen LogP contribution in [0.5, 0.6) is 11.5 Å². The molecule has 2 rings (SSSR count). The van der Waals surface area contributed by atoms with Crippen molar-refractivity contribution in [1.29, 1.82) is 0 Å². The van der Waals surface area contributed by atoms with Crippen LogP contribution in [0.2, 0.25) is 0 Å². The summed E-state index contributed by atoms with van der Waals surface area (Å²) in [6.07, 6.45) is 2.09. The summed E-state index contributed by atoms with van der Waals surface area (Å²) in [4.78, 5) is 33.9. The van der Waals surface area contributed by atoms with Gasteiger partial charge in [0.2, 0.25) is 5.75 Å². The number of nitro benzene ring substituents is 1. The minimum Gasteiger partial charge on any atom is -0.493 e. The number of amides is 1. The van der Waals surface area contributed by atoms with E-state index in [-0.39, 0.29) is 34.7 Å². The predicted molar refractivity (Wildman–Crippen MR) is 87.0 cm³/mol. The minimum atomic E-state index is -0.819. The molecule has 0 heterocycles. The number of carbonyl (C=O) groups is 2. The second kappa shape index (κ2) is 7.82. The lowest BCUT2D eigenvalue weighted by Crippen LogP contribution is -2.38. The Morgan fingerprint density at radius 1 is 1.20 bits per heavy atom. The van der Waals surface area contributed by atoms with Crippen LogP contribution in [0.3, 0.4) is 0 Å². The topological polar surface area (TPSA) is 128 Å². The molecule has 1 amide bonds. The van der Waals surface area contributed by atoms with E-state index in [1.54, 1.807) is 0 Å². The van der Waals surface area contributed by atoms with Crippen molar-refractivity contribution in [1.82, 2.24) is 5.32 Å². The van der Waals surface area contributed by atoms with Gasteiger partial charge in [0.25, 0.3) is 5.91 Å². The molecule has 1 aliphatic carbocycles. The molecule has 0 bridgehead atoms. The van der Waals surface area contributed by atoms with Gasteiger partial charge in [0.15, 0.2) is 5.75 Å². The summed E-state index contributed by atoms with van der Waals surface area (Å²) in [6, 6.07) is 2.36. The summed E-state index contributed by atoms with van der Waals surface area (Å²) in [7, 11) is 2.61. The largest absolute Gasteiger partial charge is 0.493 e. The smallest absolute Gasteiger partial charge is 0.315 e. The van der Waals surface area contributed by atoms with Gasteiger partial charge in [-0.05, 0) is 31.7 Å². The Morgan fingerprint density at radius 2 is 1.84 bits per heavy atom. The quantitative estimate of drug-likeness (QED) is 0.592. The number of methoxy groups -OCH3 is 2. The van der Waals surface area contributed by atoms with Crippen molar-refractivity contribution < 1.29 is 29.1 Å². The summed E-state index contributed by atoms with van der Waals surface area (Å²) in [5.74, 6) is -1.62. The second-order valence-electron chi connectivity index (χ2n) is 5.85. The zero-order chi connectivity index (χ0) is 18.6. The average molecular weight is 352 g/mol. The molecule has 0 saturated heterocycles. The summed E-state index contributed by atoms with van der Waals surface area (Å²) >= 11 is 0. The van der Waals surface area contributed by atoms with Gasteiger partial charge in [0.1, 0.15) is 0 Å². The lowest BCUT2D eigenvalue weighted by Gasteiger charge is -2.26. The molecule has 2 N–H and O–H groups in total. The van der Waals surface area contributed by atoms with E-state index in [0.29, 0.717) is 25.7 Å². The van der Waals surface area contributed by atoms with Gasteiger partial charge in [-0.3, -0.25) is 19.7 Å². The molecule has 0 atom stereocenters. The molecule has 9 heteroatoms. The van der Waals surface area contributed by atoms with Crippen molar-refractivity contribution in [2.24, 2.45) is 5.92 Å². The molecule has 1 aromatic carbocycles. The zero-order valence-corrected chi connectivity index (χ0v) is 14.0. The molecule has 1 aliphatic rings. The molecular formula is C16H20N2O7. The number of hydrogen-bond donors (Lipinski definition) is 2. The molecule has 0 radical (unpaired) electrons. The summed E-state index contributed by atoms with van der Waals surface area (Å²) in [5, 5.41) is 23.0. The number of carboxylic acid groups (broad SMARTS) is 1. The third-order valence-corrected chi connectivity index (χ3v) is 4.33. The Hall–Kier alpha value is -2.84. The van der Waals surface area contributed by atoms with E-state index in [0.717, 1.165) is 6.07 Å². The Balaban J connectivity index is 2.15. The molecule has 136 valence electrons. The molecule has 0 aliphatic heterocycles. The van der Waals surface area contributed by atoms with Crippen LogP contribution in [0.4, 0.5) is 5.69 Å². The number of ether oxygens (including phenoxy) is 2. The van der Waals surface area contributed by atoms with Crippen LogP contribution in [0.25, 0.3) is 0 Å². The van der Waals surface area contributed by atoms with E-state index in [1.807, 2.05) is 0 Å². The molecule has 0 spiro atoms. The maximum Gasteiger partial charge on any atom is 0.315 e. The van der Waals surface area contributed by atoms with Crippen molar-refractivity contribution >= 4 is 17.6 Å². The number of hydrogen-bond acceptors (Lipinski definition) is 6. The lowest BCUT2D eigenvalue weighted by molar-refractivity contribution is -0.385. The van der Waals surface area contributed by atoms with Crippen molar-refractivity contribution in [3.8, 4) is 11.5 Å². The number of nitro groups is 1. The first kappa shape index (κ1) is 18.5. The third-order valence-electron chi connectivity index (χ3n) is 4.33. The van der Waals surface area contributed by atoms with Crippen LogP contribution < -0.4 is 14.8 Å². The average Bonchev–Trinajstić information content (AvgIpc) is 2.60. The number of carboxylic acids is 1. The Morgan fingerprint density at radius 3 is 2.32 bits per heavy atom. The van der Waals surface area contributed by atoms with Crippen LogP contribution >= 0.6 is 0 Å². The first-order valence-electron chi connectivity index (χ1n) is 7.81. The van der Waals surface area contributed by atoms with E-state index in [2.05, 4.69) is 5.32 Å². The van der Waals surface area contributed by atoms with Crippen LogP contribution in [0.1, 0.15) is 36.0 Å². The fourth-order valence-electron chi connectivity index (χ4n) is 2.96. The van der Waals surface area contributed by atoms with Gasteiger partial charge in [-0.2, -0.15) is 0 Å². The minimum absolute atomic E-state index is 0.0500. The highest BCUT2D eigenvalue weighted by atomic mass is 16.6. The monoisotopic (exact) mass is 352 g/mol. The van der Waals surface area contributed by atoms with Gasteiger partial charge in [-0.25, -0.2) is 0 Å². The summed E-state index contributed by atoms with van der Waals surface area (Å²) < 4.78 is 10.1. The zero-order valence-electron chi connectivity index (χ0n) is 14.0. The first-order valence-corrected chi connectivity index (χ1v) is 7.81. The van der Waals surface area contributed by atoms with E-state index in [9.17, 15) is 19.7 Å². The van der Waals surface area contributed by atoms with E-state index >= 15 is 0 Å². The molecule has 9 nitrogen and oxygen atoms in total. The summed E-state index contributed by atoms with van der Waals surface area (Å²) in [5.41, 5.74) is -0.272. The second-order valence-corrected chi connectivity index (χ2v) is 5.85. The Labute approximate surface area is 144 Å². The lowest BCUT2D eigenvalue weighted by atomic mass is 9.86. The standard InChI is InChI=1S/C16H20N2O7/c1-24-13-8-10(7-12(18(22)23)14(13)25-2)15(19)17-11-5-3-9(4-6-11)16(20)21/h7-9,11H,3-6H2,1-2H3,(H,17,19)(H,20,21). The first-order chi connectivity index (χ1) is 11.9. The number of rotatable bonds is 6. The number of carbonyl (C=O) groups excluding carboxylic acids is 1. The van der Waals surface area contributed by atoms with Crippen molar-refractivity contribution in [2.45, 2.75) is 31.7 Å². The highest BCUT2D eigenvalue weighted by Gasteiger charge is 2.28. The van der Waals surface area contributed by atoms with Gasteiger partial charge in [-0.15, -0.1) is 0 Å². The molecule has 1 aromatic rings. The third kappa shape index (κ3) is 4.17. The number of nitrogens with zero attached hydrogens (tertiary/aromatic N) is 1. The van der Waals surface area contributed by atoms with Crippen molar-refractivity contribution in [2.75, 3.05) is 14.2 Å². The van der Waals surface area contributed by atoms with E-state index in [4.69, 9.17) is 14.6 Å². The molecule has 1 saturated carbocycles. The Kier molecular flexibility index (Phi) is 5.79. The predicted octanol–water partition coefficient (Wildman–Crippen LogP) is 1.99. The molecule has 0 unspecified atom stereocenters. The molecule has 25 heavy (non-hydrogen) atoms. The fraction of sp³-hybridized carbons (Fsp3) is 0.500. The maximum atomic E-state index is 12.4. The van der Waals surface area contributed by atoms with Crippen LogP contribution in [-0.4, -0.2) is 42.2 Å². The highest BCUT2D eigenvalue weighted by Crippen LogP contribution is 2.38. The van der Waals surface area contributed by atoms with Crippen LogP contribution in [0, 0.1) is 16.0 Å². The molecular weight excluding hydrogens is 332 g/mol. The Bertz CT molecular complexity index is 681. The maximum absolute atomic E-state index is 12.4. The van der Waals surface area contributed by atoms with Gasteiger partial charge in [-0.1, -0.05) is 0 Å².